The number of aryl methyl sites for hydroxylation is 2. The Hall–Kier alpha value is -2.07. The van der Waals surface area contributed by atoms with Gasteiger partial charge in [0.25, 0.3) is 0 Å². The topological polar surface area (TPSA) is 33.3 Å². The Labute approximate surface area is 131 Å². The fraction of sp³-hybridized carbons (Fsp3) is 0.235. The maximum Gasteiger partial charge on any atom is 0.175 e. The van der Waals surface area contributed by atoms with Gasteiger partial charge in [0, 0.05) is 5.69 Å². The van der Waals surface area contributed by atoms with Gasteiger partial charge in [-0.1, -0.05) is 18.2 Å². The fourth-order valence-corrected chi connectivity index (χ4v) is 2.41. The third-order valence-corrected chi connectivity index (χ3v) is 3.12. The Morgan fingerprint density at radius 3 is 2.38 bits per heavy atom. The molecular weight excluding hydrogens is 280 g/mol. The Bertz CT molecular complexity index is 620. The van der Waals surface area contributed by atoms with Gasteiger partial charge in [-0.2, -0.15) is 0 Å². The van der Waals surface area contributed by atoms with E-state index in [0.717, 1.165) is 17.1 Å². The van der Waals surface area contributed by atoms with E-state index in [2.05, 4.69) is 42.7 Å². The number of hydrogen-bond acceptors (Lipinski definition) is 2. The minimum Gasteiger partial charge on any atom is -0.492 e. The average molecular weight is 300 g/mol. The summed E-state index contributed by atoms with van der Waals surface area (Å²) in [7, 11) is 0. The second-order valence-electron chi connectivity index (χ2n) is 4.88. The lowest BCUT2D eigenvalue weighted by Crippen LogP contribution is -2.19. The van der Waals surface area contributed by atoms with Gasteiger partial charge in [0.15, 0.2) is 5.11 Å². The number of hydrogen-bond donors (Lipinski definition) is 2. The predicted octanol–water partition coefficient (Wildman–Crippen LogP) is 4.51. The van der Waals surface area contributed by atoms with Gasteiger partial charge in [0.05, 0.1) is 12.3 Å². The zero-order valence-corrected chi connectivity index (χ0v) is 13.4. The molecule has 0 atom stereocenters. The van der Waals surface area contributed by atoms with Crippen LogP contribution < -0.4 is 15.4 Å². The van der Waals surface area contributed by atoms with Crippen molar-refractivity contribution < 1.29 is 4.74 Å². The summed E-state index contributed by atoms with van der Waals surface area (Å²) >= 11 is 5.37. The van der Waals surface area contributed by atoms with Crippen molar-refractivity contribution in [2.45, 2.75) is 20.8 Å². The van der Waals surface area contributed by atoms with Crippen molar-refractivity contribution in [3.8, 4) is 5.75 Å². The molecule has 0 radical (unpaired) electrons. The van der Waals surface area contributed by atoms with E-state index in [0.29, 0.717) is 11.7 Å². The van der Waals surface area contributed by atoms with Crippen LogP contribution in [0.25, 0.3) is 0 Å². The minimum atomic E-state index is 0.548. The van der Waals surface area contributed by atoms with Crippen LogP contribution in [-0.2, 0) is 0 Å². The van der Waals surface area contributed by atoms with Crippen LogP contribution >= 0.6 is 12.2 Å². The molecule has 2 aromatic carbocycles. The molecule has 0 saturated carbocycles. The van der Waals surface area contributed by atoms with Gasteiger partial charge in [-0.3, -0.25) is 0 Å². The molecule has 0 aliphatic carbocycles. The first-order valence-electron chi connectivity index (χ1n) is 6.96. The van der Waals surface area contributed by atoms with Crippen LogP contribution in [-0.4, -0.2) is 11.7 Å². The average Bonchev–Trinajstić information content (AvgIpc) is 2.40. The maximum absolute atomic E-state index is 5.58. The molecule has 2 rings (SSSR count). The van der Waals surface area contributed by atoms with Gasteiger partial charge >= 0.3 is 0 Å². The van der Waals surface area contributed by atoms with E-state index in [1.807, 2.05) is 31.2 Å². The smallest absolute Gasteiger partial charge is 0.175 e. The quantitative estimate of drug-likeness (QED) is 0.814. The van der Waals surface area contributed by atoms with Crippen molar-refractivity contribution >= 4 is 28.7 Å². The molecule has 0 heterocycles. The van der Waals surface area contributed by atoms with Crippen molar-refractivity contribution in [3.63, 3.8) is 0 Å². The molecule has 21 heavy (non-hydrogen) atoms. The van der Waals surface area contributed by atoms with E-state index in [-0.39, 0.29) is 0 Å². The largest absolute Gasteiger partial charge is 0.492 e. The number of anilines is 2. The van der Waals surface area contributed by atoms with Gasteiger partial charge in [0.1, 0.15) is 5.75 Å². The molecular formula is C17H20N2OS. The molecule has 2 N–H and O–H groups in total. The molecule has 0 aromatic heterocycles. The molecule has 0 aliphatic heterocycles. The summed E-state index contributed by atoms with van der Waals surface area (Å²) in [5.74, 6) is 0.796. The van der Waals surface area contributed by atoms with Crippen LogP contribution in [0.5, 0.6) is 5.75 Å². The highest BCUT2D eigenvalue weighted by molar-refractivity contribution is 7.80. The highest BCUT2D eigenvalue weighted by atomic mass is 32.1. The summed E-state index contributed by atoms with van der Waals surface area (Å²) < 4.78 is 5.58. The molecule has 0 aliphatic rings. The van der Waals surface area contributed by atoms with E-state index in [1.165, 1.54) is 11.1 Å². The monoisotopic (exact) mass is 300 g/mol. The lowest BCUT2D eigenvalue weighted by molar-refractivity contribution is 0.342. The molecule has 110 valence electrons. The highest BCUT2D eigenvalue weighted by Gasteiger charge is 2.05. The van der Waals surface area contributed by atoms with Gasteiger partial charge in [0.2, 0.25) is 0 Å². The maximum atomic E-state index is 5.58. The molecule has 3 nitrogen and oxygen atoms in total. The van der Waals surface area contributed by atoms with Crippen molar-refractivity contribution in [1.29, 1.82) is 0 Å². The third kappa shape index (κ3) is 4.46. The van der Waals surface area contributed by atoms with Gasteiger partial charge in [-0.15, -0.1) is 0 Å². The summed E-state index contributed by atoms with van der Waals surface area (Å²) in [5, 5.41) is 6.93. The normalized spacial score (nSPS) is 10.0. The third-order valence-electron chi connectivity index (χ3n) is 2.91. The van der Waals surface area contributed by atoms with Crippen molar-refractivity contribution in [3.05, 3.63) is 53.6 Å². The molecule has 0 bridgehead atoms. The number of thiocarbonyl (C=S) groups is 1. The summed E-state index contributed by atoms with van der Waals surface area (Å²) in [5.41, 5.74) is 4.25. The van der Waals surface area contributed by atoms with Crippen molar-refractivity contribution in [2.24, 2.45) is 0 Å². The summed E-state index contributed by atoms with van der Waals surface area (Å²) in [6.07, 6.45) is 0. The van der Waals surface area contributed by atoms with Crippen LogP contribution in [0.1, 0.15) is 18.1 Å². The van der Waals surface area contributed by atoms with E-state index in [1.54, 1.807) is 0 Å². The first-order chi connectivity index (χ1) is 10.1. The van der Waals surface area contributed by atoms with Gasteiger partial charge in [-0.05, 0) is 68.4 Å². The van der Waals surface area contributed by atoms with Gasteiger partial charge in [-0.25, -0.2) is 0 Å². The SMILES string of the molecule is CCOc1ccccc1NC(=S)Nc1cc(C)cc(C)c1. The van der Waals surface area contributed by atoms with Crippen LogP contribution in [0.4, 0.5) is 11.4 Å². The van der Waals surface area contributed by atoms with Crippen LogP contribution in [0.15, 0.2) is 42.5 Å². The predicted molar refractivity (Wildman–Crippen MR) is 93.4 cm³/mol. The number of ether oxygens (including phenoxy) is 1. The molecule has 0 saturated heterocycles. The zero-order chi connectivity index (χ0) is 15.2. The Morgan fingerprint density at radius 2 is 1.71 bits per heavy atom. The van der Waals surface area contributed by atoms with Crippen LogP contribution in [0, 0.1) is 13.8 Å². The Morgan fingerprint density at radius 1 is 1.05 bits per heavy atom. The zero-order valence-electron chi connectivity index (χ0n) is 12.6. The number of nitrogens with one attached hydrogen (secondary N) is 2. The summed E-state index contributed by atoms with van der Waals surface area (Å²) in [4.78, 5) is 0. The Balaban J connectivity index is 2.08. The summed E-state index contributed by atoms with van der Waals surface area (Å²) in [6, 6.07) is 14.0. The summed E-state index contributed by atoms with van der Waals surface area (Å²) in [6.45, 7) is 6.72. The Kier molecular flexibility index (Phi) is 5.17. The van der Waals surface area contributed by atoms with E-state index in [9.17, 15) is 0 Å². The molecule has 0 amide bonds. The number of para-hydroxylation sites is 2. The fourth-order valence-electron chi connectivity index (χ4n) is 2.18. The standard InChI is InChI=1S/C17H20N2OS/c1-4-20-16-8-6-5-7-15(16)19-17(21)18-14-10-12(2)9-13(3)11-14/h5-11H,4H2,1-3H3,(H2,18,19,21). The van der Waals surface area contributed by atoms with Crippen LogP contribution in [0.2, 0.25) is 0 Å². The molecule has 2 aromatic rings. The van der Waals surface area contributed by atoms with Crippen molar-refractivity contribution in [2.75, 3.05) is 17.2 Å². The van der Waals surface area contributed by atoms with Crippen LogP contribution in [0.3, 0.4) is 0 Å². The van der Waals surface area contributed by atoms with E-state index >= 15 is 0 Å². The second kappa shape index (κ2) is 7.09. The number of rotatable bonds is 4. The first-order valence-corrected chi connectivity index (χ1v) is 7.37. The first kappa shape index (κ1) is 15.3. The molecule has 4 heteroatoms. The van der Waals surface area contributed by atoms with Crippen molar-refractivity contribution in [1.82, 2.24) is 0 Å². The lowest BCUT2D eigenvalue weighted by Gasteiger charge is -2.14. The minimum absolute atomic E-state index is 0.548. The molecule has 0 fully saturated rings. The molecule has 0 unspecified atom stereocenters. The second-order valence-corrected chi connectivity index (χ2v) is 5.29. The van der Waals surface area contributed by atoms with E-state index < -0.39 is 0 Å². The van der Waals surface area contributed by atoms with E-state index in [4.69, 9.17) is 17.0 Å². The lowest BCUT2D eigenvalue weighted by atomic mass is 10.1. The van der Waals surface area contributed by atoms with Gasteiger partial charge < -0.3 is 15.4 Å². The number of benzene rings is 2. The molecule has 0 spiro atoms. The highest BCUT2D eigenvalue weighted by Crippen LogP contribution is 2.24.